The van der Waals surface area contributed by atoms with Crippen molar-refractivity contribution in [3.8, 4) is 0 Å². The molecule has 0 radical (unpaired) electrons. The van der Waals surface area contributed by atoms with Crippen LogP contribution in [0, 0.1) is 0 Å². The molecule has 0 saturated carbocycles. The van der Waals surface area contributed by atoms with E-state index < -0.39 is 0 Å². The summed E-state index contributed by atoms with van der Waals surface area (Å²) in [4.78, 5) is 23.4. The average Bonchev–Trinajstić information content (AvgIpc) is 2.78. The highest BCUT2D eigenvalue weighted by molar-refractivity contribution is 6.00. The van der Waals surface area contributed by atoms with E-state index in [4.69, 9.17) is 5.84 Å². The molecule has 1 aliphatic rings. The molecule has 3 N–H and O–H groups in total. The molecule has 5 nitrogen and oxygen atoms in total. The minimum Gasteiger partial charge on any atom is -0.345 e. The number of ketones is 1. The third kappa shape index (κ3) is 1.82. The molecule has 0 spiro atoms. The molecule has 1 aromatic carbocycles. The van der Waals surface area contributed by atoms with Gasteiger partial charge in [0.1, 0.15) is 5.78 Å². The fourth-order valence-electron chi connectivity index (χ4n) is 3.09. The van der Waals surface area contributed by atoms with Gasteiger partial charge in [-0.25, -0.2) is 5.84 Å². The molecule has 0 fully saturated rings. The lowest BCUT2D eigenvalue weighted by Crippen LogP contribution is -2.29. The van der Waals surface area contributed by atoms with Crippen LogP contribution in [0.5, 0.6) is 0 Å². The van der Waals surface area contributed by atoms with Gasteiger partial charge in [0.25, 0.3) is 5.91 Å². The van der Waals surface area contributed by atoms with Crippen LogP contribution in [0.15, 0.2) is 18.2 Å². The number of nitrogen functional groups attached to an aromatic ring is 1. The molecule has 3 rings (SSSR count). The van der Waals surface area contributed by atoms with Gasteiger partial charge in [-0.3, -0.25) is 15.0 Å². The zero-order valence-electron chi connectivity index (χ0n) is 11.4. The van der Waals surface area contributed by atoms with Crippen molar-refractivity contribution in [2.75, 3.05) is 0 Å². The lowest BCUT2D eigenvalue weighted by Gasteiger charge is -2.13. The second-order valence-corrected chi connectivity index (χ2v) is 5.09. The summed E-state index contributed by atoms with van der Waals surface area (Å²) in [5.74, 6) is 5.13. The van der Waals surface area contributed by atoms with Gasteiger partial charge < -0.3 is 4.57 Å². The smallest absolute Gasteiger partial charge is 0.265 e. The van der Waals surface area contributed by atoms with Gasteiger partial charge in [-0.2, -0.15) is 0 Å². The predicted molar refractivity (Wildman–Crippen MR) is 76.3 cm³/mol. The summed E-state index contributed by atoms with van der Waals surface area (Å²) in [5, 5.41) is 0.996. The van der Waals surface area contributed by atoms with Crippen LogP contribution in [-0.4, -0.2) is 16.3 Å². The molecular weight excluding hydrogens is 254 g/mol. The fourth-order valence-corrected chi connectivity index (χ4v) is 3.09. The van der Waals surface area contributed by atoms with Crippen molar-refractivity contribution >= 4 is 22.6 Å². The van der Waals surface area contributed by atoms with Crippen LogP contribution in [-0.2, 0) is 24.2 Å². The number of carbonyl (C=O) groups is 2. The zero-order chi connectivity index (χ0) is 14.3. The molecule has 0 unspecified atom stereocenters. The summed E-state index contributed by atoms with van der Waals surface area (Å²) in [5.41, 5.74) is 6.05. The van der Waals surface area contributed by atoms with E-state index in [1.165, 1.54) is 5.69 Å². The molecule has 2 aromatic rings. The number of amides is 1. The number of hydrogen-bond acceptors (Lipinski definition) is 3. The SMILES string of the molecule is CCn1c2c(c3cc(C(=O)NN)ccc31)CC(=O)CC2. The quantitative estimate of drug-likeness (QED) is 0.491. The molecular formula is C15H17N3O2. The Labute approximate surface area is 116 Å². The molecule has 20 heavy (non-hydrogen) atoms. The van der Waals surface area contributed by atoms with E-state index in [0.717, 1.165) is 29.4 Å². The first kappa shape index (κ1) is 12.9. The molecule has 0 bridgehead atoms. The number of rotatable bonds is 2. The molecule has 5 heteroatoms. The number of hydrogen-bond donors (Lipinski definition) is 2. The van der Waals surface area contributed by atoms with Crippen molar-refractivity contribution in [1.82, 2.24) is 9.99 Å². The Balaban J connectivity index is 2.26. The van der Waals surface area contributed by atoms with E-state index in [2.05, 4.69) is 16.9 Å². The average molecular weight is 271 g/mol. The zero-order valence-corrected chi connectivity index (χ0v) is 11.4. The fraction of sp³-hybridized carbons (Fsp3) is 0.333. The van der Waals surface area contributed by atoms with Gasteiger partial charge in [-0.1, -0.05) is 0 Å². The highest BCUT2D eigenvalue weighted by Crippen LogP contribution is 2.31. The summed E-state index contributed by atoms with van der Waals surface area (Å²) in [7, 11) is 0. The Bertz CT molecular complexity index is 715. The number of nitrogens with two attached hydrogens (primary N) is 1. The Morgan fingerprint density at radius 1 is 1.40 bits per heavy atom. The van der Waals surface area contributed by atoms with Crippen LogP contribution < -0.4 is 11.3 Å². The number of hydrazine groups is 1. The minimum atomic E-state index is -0.313. The molecule has 1 heterocycles. The van der Waals surface area contributed by atoms with Gasteiger partial charge in [-0.05, 0) is 37.1 Å². The van der Waals surface area contributed by atoms with Crippen molar-refractivity contribution in [2.24, 2.45) is 5.84 Å². The predicted octanol–water partition coefficient (Wildman–Crippen LogP) is 1.32. The lowest BCUT2D eigenvalue weighted by atomic mass is 9.94. The number of aromatic nitrogens is 1. The Morgan fingerprint density at radius 3 is 2.90 bits per heavy atom. The Kier molecular flexibility index (Phi) is 3.06. The number of aryl methyl sites for hydroxylation is 1. The number of carbonyl (C=O) groups excluding carboxylic acids is 2. The van der Waals surface area contributed by atoms with Crippen molar-refractivity contribution < 1.29 is 9.59 Å². The Morgan fingerprint density at radius 2 is 2.20 bits per heavy atom. The monoisotopic (exact) mass is 271 g/mol. The van der Waals surface area contributed by atoms with E-state index in [-0.39, 0.29) is 11.7 Å². The van der Waals surface area contributed by atoms with Crippen LogP contribution in [0.1, 0.15) is 35.0 Å². The van der Waals surface area contributed by atoms with E-state index in [1.54, 1.807) is 6.07 Å². The minimum absolute atomic E-state index is 0.265. The van der Waals surface area contributed by atoms with E-state index in [9.17, 15) is 9.59 Å². The molecule has 1 amide bonds. The van der Waals surface area contributed by atoms with E-state index in [1.807, 2.05) is 12.1 Å². The maximum Gasteiger partial charge on any atom is 0.265 e. The van der Waals surface area contributed by atoms with Crippen LogP contribution in [0.3, 0.4) is 0 Å². The third-order valence-electron chi connectivity index (χ3n) is 4.01. The number of nitrogens with zero attached hydrogens (tertiary/aromatic N) is 1. The molecule has 1 aliphatic carbocycles. The lowest BCUT2D eigenvalue weighted by molar-refractivity contribution is -0.118. The number of nitrogens with one attached hydrogen (secondary N) is 1. The second-order valence-electron chi connectivity index (χ2n) is 5.09. The summed E-state index contributed by atoms with van der Waals surface area (Å²) in [6.45, 7) is 2.96. The molecule has 0 saturated heterocycles. The maximum absolute atomic E-state index is 11.7. The largest absolute Gasteiger partial charge is 0.345 e. The van der Waals surface area contributed by atoms with Gasteiger partial charge in [0.05, 0.1) is 0 Å². The van der Waals surface area contributed by atoms with Crippen molar-refractivity contribution in [1.29, 1.82) is 0 Å². The highest BCUT2D eigenvalue weighted by atomic mass is 16.2. The van der Waals surface area contributed by atoms with Gasteiger partial charge in [0.2, 0.25) is 0 Å². The maximum atomic E-state index is 11.7. The highest BCUT2D eigenvalue weighted by Gasteiger charge is 2.23. The van der Waals surface area contributed by atoms with E-state index in [0.29, 0.717) is 18.4 Å². The van der Waals surface area contributed by atoms with Crippen molar-refractivity contribution in [2.45, 2.75) is 32.7 Å². The summed E-state index contributed by atoms with van der Waals surface area (Å²) < 4.78 is 2.24. The van der Waals surface area contributed by atoms with Crippen LogP contribution in [0.2, 0.25) is 0 Å². The molecule has 104 valence electrons. The van der Waals surface area contributed by atoms with Gasteiger partial charge in [-0.15, -0.1) is 0 Å². The van der Waals surface area contributed by atoms with Gasteiger partial charge >= 0.3 is 0 Å². The first-order valence-corrected chi connectivity index (χ1v) is 6.82. The number of fused-ring (bicyclic) bond motifs is 3. The second kappa shape index (κ2) is 4.76. The summed E-state index contributed by atoms with van der Waals surface area (Å²) >= 11 is 0. The first-order valence-electron chi connectivity index (χ1n) is 6.82. The molecule has 0 aliphatic heterocycles. The normalized spacial score (nSPS) is 14.4. The summed E-state index contributed by atoms with van der Waals surface area (Å²) in [6.07, 6.45) is 1.86. The number of Topliss-reactive ketones (excluding diaryl/α,β-unsaturated/α-hetero) is 1. The van der Waals surface area contributed by atoms with Crippen LogP contribution in [0.4, 0.5) is 0 Å². The summed E-state index contributed by atoms with van der Waals surface area (Å²) in [6, 6.07) is 5.54. The van der Waals surface area contributed by atoms with Gasteiger partial charge in [0, 0.05) is 41.5 Å². The standard InChI is InChI=1S/C15H17N3O2/c1-2-18-13-5-3-9(15(20)17-16)7-11(13)12-8-10(19)4-6-14(12)18/h3,5,7H,2,4,6,8,16H2,1H3,(H,17,20). The number of benzene rings is 1. The Hall–Kier alpha value is -2.14. The van der Waals surface area contributed by atoms with Crippen LogP contribution in [0.25, 0.3) is 10.9 Å². The van der Waals surface area contributed by atoms with Gasteiger partial charge in [0.15, 0.2) is 0 Å². The van der Waals surface area contributed by atoms with E-state index >= 15 is 0 Å². The van der Waals surface area contributed by atoms with Crippen LogP contribution >= 0.6 is 0 Å². The third-order valence-corrected chi connectivity index (χ3v) is 4.01. The topological polar surface area (TPSA) is 77.1 Å². The molecule has 1 aromatic heterocycles. The first-order chi connectivity index (χ1) is 9.65. The van der Waals surface area contributed by atoms with Crippen molar-refractivity contribution in [3.63, 3.8) is 0 Å². The van der Waals surface area contributed by atoms with Crippen molar-refractivity contribution in [3.05, 3.63) is 35.0 Å². The molecule has 0 atom stereocenters.